The van der Waals surface area contributed by atoms with Crippen LogP contribution in [-0.2, 0) is 19.0 Å². The van der Waals surface area contributed by atoms with Crippen LogP contribution in [0, 0.1) is 11.8 Å². The van der Waals surface area contributed by atoms with Gasteiger partial charge in [-0.25, -0.2) is 4.79 Å². The van der Waals surface area contributed by atoms with Crippen LogP contribution in [0.25, 0.3) is 0 Å². The van der Waals surface area contributed by atoms with Crippen molar-refractivity contribution < 1.29 is 19.0 Å². The van der Waals surface area contributed by atoms with Crippen molar-refractivity contribution >= 4 is 5.97 Å². The minimum Gasteiger partial charge on any atom is -0.463 e. The molecule has 0 radical (unpaired) electrons. The fourth-order valence-electron chi connectivity index (χ4n) is 3.22. The van der Waals surface area contributed by atoms with Gasteiger partial charge in [0.15, 0.2) is 5.79 Å². The van der Waals surface area contributed by atoms with Crippen LogP contribution < -0.4 is 0 Å². The van der Waals surface area contributed by atoms with Crippen molar-refractivity contribution in [3.63, 3.8) is 0 Å². The fraction of sp³-hybridized carbons (Fsp3) is 0.550. The predicted molar refractivity (Wildman–Crippen MR) is 94.3 cm³/mol. The van der Waals surface area contributed by atoms with E-state index in [9.17, 15) is 4.79 Å². The maximum absolute atomic E-state index is 11.4. The maximum Gasteiger partial charge on any atom is 0.330 e. The smallest absolute Gasteiger partial charge is 0.330 e. The molecule has 132 valence electrons. The summed E-state index contributed by atoms with van der Waals surface area (Å²) in [5.41, 5.74) is 1.84. The Morgan fingerprint density at radius 2 is 2.17 bits per heavy atom. The third kappa shape index (κ3) is 4.05. The van der Waals surface area contributed by atoms with Crippen molar-refractivity contribution in [1.82, 2.24) is 0 Å². The van der Waals surface area contributed by atoms with Crippen LogP contribution in [0.2, 0.25) is 0 Å². The van der Waals surface area contributed by atoms with E-state index in [1.165, 1.54) is 6.08 Å². The van der Waals surface area contributed by atoms with Crippen LogP contribution >= 0.6 is 0 Å². The highest BCUT2D eigenvalue weighted by molar-refractivity contribution is 5.82. The van der Waals surface area contributed by atoms with Crippen LogP contribution in [0.5, 0.6) is 0 Å². The first kappa shape index (κ1) is 18.7. The number of esters is 1. The molecule has 0 aromatic heterocycles. The highest BCUT2D eigenvalue weighted by atomic mass is 16.7. The van der Waals surface area contributed by atoms with Crippen LogP contribution in [0.4, 0.5) is 0 Å². The van der Waals surface area contributed by atoms with Crippen molar-refractivity contribution in [2.24, 2.45) is 11.8 Å². The zero-order chi connectivity index (χ0) is 17.9. The molecule has 4 heteroatoms. The number of ether oxygens (including phenoxy) is 3. The average Bonchev–Trinajstić information content (AvgIpc) is 2.52. The van der Waals surface area contributed by atoms with Gasteiger partial charge in [-0.1, -0.05) is 50.3 Å². The monoisotopic (exact) mass is 332 g/mol. The van der Waals surface area contributed by atoms with Gasteiger partial charge in [0.25, 0.3) is 0 Å². The van der Waals surface area contributed by atoms with Crippen molar-refractivity contribution in [3.05, 3.63) is 48.1 Å². The summed E-state index contributed by atoms with van der Waals surface area (Å²) < 4.78 is 17.2. The van der Waals surface area contributed by atoms with Gasteiger partial charge in [0.1, 0.15) is 0 Å². The van der Waals surface area contributed by atoms with E-state index in [-0.39, 0.29) is 30.0 Å². The summed E-state index contributed by atoms with van der Waals surface area (Å²) in [5, 5.41) is 0. The number of allylic oxidation sites excluding steroid dienone is 2. The van der Waals surface area contributed by atoms with Gasteiger partial charge >= 0.3 is 5.97 Å². The molecule has 4 nitrogen and oxygen atoms in total. The summed E-state index contributed by atoms with van der Waals surface area (Å²) in [4.78, 5) is 11.4. The zero-order valence-electron chi connectivity index (χ0n) is 15.2. The molecular formula is C20H28O4. The number of carbonyl (C=O) groups excluding carboxylic acids is 1. The van der Waals surface area contributed by atoms with Crippen LogP contribution in [0.15, 0.2) is 48.1 Å². The second-order valence-corrected chi connectivity index (χ2v) is 6.71. The summed E-state index contributed by atoms with van der Waals surface area (Å²) in [7, 11) is 0. The zero-order valence-corrected chi connectivity index (χ0v) is 15.2. The lowest BCUT2D eigenvalue weighted by molar-refractivity contribution is -0.306. The molecule has 0 aromatic carbocycles. The summed E-state index contributed by atoms with van der Waals surface area (Å²) in [6, 6.07) is 0. The average molecular weight is 332 g/mol. The lowest BCUT2D eigenvalue weighted by Crippen LogP contribution is -2.54. The molecule has 2 rings (SSSR count). The highest BCUT2D eigenvalue weighted by Crippen LogP contribution is 2.42. The SMILES string of the molecule is C=C1C=C[C@H]2O[C@]1(C)O[C@H]([C@H](C)/C=C(C)/C=C/C(=O)OCC)[C@H]2C. The maximum atomic E-state index is 11.4. The summed E-state index contributed by atoms with van der Waals surface area (Å²) in [6.07, 6.45) is 9.46. The van der Waals surface area contributed by atoms with E-state index in [0.29, 0.717) is 6.61 Å². The Morgan fingerprint density at radius 3 is 2.83 bits per heavy atom. The third-order valence-corrected chi connectivity index (χ3v) is 4.64. The van der Waals surface area contributed by atoms with E-state index in [0.717, 1.165) is 11.1 Å². The van der Waals surface area contributed by atoms with Gasteiger partial charge in [0, 0.05) is 23.5 Å². The molecule has 2 aliphatic heterocycles. The van der Waals surface area contributed by atoms with E-state index in [1.807, 2.05) is 19.9 Å². The molecule has 0 amide bonds. The van der Waals surface area contributed by atoms with Crippen LogP contribution in [0.3, 0.4) is 0 Å². The molecule has 1 fully saturated rings. The molecule has 0 aliphatic carbocycles. The predicted octanol–water partition coefficient (Wildman–Crippen LogP) is 3.95. The largest absolute Gasteiger partial charge is 0.463 e. The number of fused-ring (bicyclic) bond motifs is 2. The molecular weight excluding hydrogens is 304 g/mol. The van der Waals surface area contributed by atoms with Gasteiger partial charge in [-0.05, 0) is 20.8 Å². The Morgan fingerprint density at radius 1 is 1.46 bits per heavy atom. The Labute approximate surface area is 144 Å². The Bertz CT molecular complexity index is 586. The molecule has 0 N–H and O–H groups in total. The first-order chi connectivity index (χ1) is 11.3. The number of hydrogen-bond donors (Lipinski definition) is 0. The molecule has 2 heterocycles. The Balaban J connectivity index is 2.10. The molecule has 0 spiro atoms. The standard InChI is InChI=1S/C20H28O4/c1-7-22-18(21)11-8-13(2)12-14(3)19-16(5)17-10-9-15(4)20(6,23-17)24-19/h8-12,14,16-17,19H,4,7H2,1-3,5-6H3/b11-8+,13-12+/t14-,16+,17-,19-,20-/m1/s1. The van der Waals surface area contributed by atoms with E-state index >= 15 is 0 Å². The van der Waals surface area contributed by atoms with Crippen molar-refractivity contribution in [3.8, 4) is 0 Å². The fourth-order valence-corrected chi connectivity index (χ4v) is 3.22. The van der Waals surface area contributed by atoms with Gasteiger partial charge < -0.3 is 14.2 Å². The molecule has 2 aliphatic rings. The first-order valence-electron chi connectivity index (χ1n) is 8.53. The Hall–Kier alpha value is -1.65. The lowest BCUT2D eigenvalue weighted by atomic mass is 9.83. The van der Waals surface area contributed by atoms with E-state index in [1.54, 1.807) is 13.0 Å². The number of carbonyl (C=O) groups is 1. The van der Waals surface area contributed by atoms with Gasteiger partial charge in [0.2, 0.25) is 0 Å². The third-order valence-electron chi connectivity index (χ3n) is 4.64. The summed E-state index contributed by atoms with van der Waals surface area (Å²) >= 11 is 0. The van der Waals surface area contributed by atoms with E-state index in [4.69, 9.17) is 14.2 Å². The molecule has 0 saturated carbocycles. The van der Waals surface area contributed by atoms with Crippen LogP contribution in [0.1, 0.15) is 34.6 Å². The van der Waals surface area contributed by atoms with Crippen molar-refractivity contribution in [2.45, 2.75) is 52.6 Å². The minimum atomic E-state index is -0.757. The van der Waals surface area contributed by atoms with Gasteiger partial charge in [0.05, 0.1) is 18.8 Å². The van der Waals surface area contributed by atoms with Gasteiger partial charge in [-0.15, -0.1) is 0 Å². The molecule has 2 bridgehead atoms. The topological polar surface area (TPSA) is 44.8 Å². The van der Waals surface area contributed by atoms with Crippen molar-refractivity contribution in [1.29, 1.82) is 0 Å². The van der Waals surface area contributed by atoms with Gasteiger partial charge in [-0.2, -0.15) is 0 Å². The number of rotatable bonds is 5. The minimum absolute atomic E-state index is 0.0152. The first-order valence-corrected chi connectivity index (χ1v) is 8.53. The van der Waals surface area contributed by atoms with Crippen LogP contribution in [-0.4, -0.2) is 30.6 Å². The second kappa shape index (κ2) is 7.49. The normalized spacial score (nSPS) is 34.5. The van der Waals surface area contributed by atoms with Crippen molar-refractivity contribution in [2.75, 3.05) is 6.61 Å². The molecule has 24 heavy (non-hydrogen) atoms. The molecule has 0 unspecified atom stereocenters. The van der Waals surface area contributed by atoms with E-state index < -0.39 is 5.79 Å². The lowest BCUT2D eigenvalue weighted by Gasteiger charge is -2.49. The number of hydrogen-bond acceptors (Lipinski definition) is 4. The molecule has 5 atom stereocenters. The highest BCUT2D eigenvalue weighted by Gasteiger charge is 2.47. The van der Waals surface area contributed by atoms with E-state index in [2.05, 4.69) is 32.6 Å². The molecule has 0 aromatic rings. The Kier molecular flexibility index (Phi) is 5.83. The summed E-state index contributed by atoms with van der Waals surface area (Å²) in [5.74, 6) is -0.669. The quantitative estimate of drug-likeness (QED) is 0.434. The summed E-state index contributed by atoms with van der Waals surface area (Å²) in [6.45, 7) is 14.4. The van der Waals surface area contributed by atoms with Gasteiger partial charge in [-0.3, -0.25) is 0 Å². The molecule has 1 saturated heterocycles. The second-order valence-electron chi connectivity index (χ2n) is 6.71.